The lowest BCUT2D eigenvalue weighted by atomic mass is 9.96. The molecule has 1 aliphatic rings. The van der Waals surface area contributed by atoms with Crippen LogP contribution in [0.3, 0.4) is 0 Å². The Morgan fingerprint density at radius 1 is 1.09 bits per heavy atom. The molecule has 33 heavy (non-hydrogen) atoms. The second-order valence-electron chi connectivity index (χ2n) is 9.43. The van der Waals surface area contributed by atoms with Crippen LogP contribution in [0.5, 0.6) is 0 Å². The van der Waals surface area contributed by atoms with E-state index in [4.69, 9.17) is 4.74 Å². The van der Waals surface area contributed by atoms with Crippen LogP contribution in [0.4, 0.5) is 4.79 Å². The number of hydrogen-bond donors (Lipinski definition) is 2. The van der Waals surface area contributed by atoms with Crippen molar-refractivity contribution in [2.45, 2.75) is 63.2 Å². The molecule has 2 rings (SSSR count). The van der Waals surface area contributed by atoms with E-state index in [9.17, 15) is 22.8 Å². The molecule has 1 aromatic rings. The summed E-state index contributed by atoms with van der Waals surface area (Å²) in [5, 5.41) is 4.83. The van der Waals surface area contributed by atoms with Crippen LogP contribution in [0.25, 0.3) is 0 Å². The predicted molar refractivity (Wildman–Crippen MR) is 125 cm³/mol. The Bertz CT molecular complexity index is 951. The van der Waals surface area contributed by atoms with Gasteiger partial charge in [0.25, 0.3) is 5.91 Å². The van der Waals surface area contributed by atoms with E-state index in [-0.39, 0.29) is 42.3 Å². The van der Waals surface area contributed by atoms with Crippen molar-refractivity contribution in [1.29, 1.82) is 0 Å². The van der Waals surface area contributed by atoms with Gasteiger partial charge in [0.05, 0.1) is 16.1 Å². The molecule has 2 N–H and O–H groups in total. The number of alkyl carbamates (subject to hydrolysis) is 1. The van der Waals surface area contributed by atoms with E-state index in [1.807, 2.05) is 0 Å². The molecule has 0 spiro atoms. The second-order valence-corrected chi connectivity index (χ2v) is 11.9. The number of carbonyl (C=O) groups is 3. The molecule has 1 saturated heterocycles. The van der Waals surface area contributed by atoms with E-state index < -0.39 is 26.8 Å². The van der Waals surface area contributed by atoms with Crippen molar-refractivity contribution in [3.05, 3.63) is 29.8 Å². The van der Waals surface area contributed by atoms with Crippen LogP contribution in [0.1, 0.15) is 57.8 Å². The van der Waals surface area contributed by atoms with Crippen molar-refractivity contribution in [3.8, 4) is 0 Å². The van der Waals surface area contributed by atoms with Gasteiger partial charge in [0.15, 0.2) is 9.84 Å². The van der Waals surface area contributed by atoms with Gasteiger partial charge in [-0.3, -0.25) is 9.59 Å². The van der Waals surface area contributed by atoms with Gasteiger partial charge in [-0.2, -0.15) is 0 Å². The summed E-state index contributed by atoms with van der Waals surface area (Å²) in [6.07, 6.45) is 0.818. The summed E-state index contributed by atoms with van der Waals surface area (Å²) in [6, 6.07) is 5.94. The van der Waals surface area contributed by atoms with E-state index in [2.05, 4.69) is 10.6 Å². The summed E-state index contributed by atoms with van der Waals surface area (Å²) in [5.74, 6) is -0.741. The van der Waals surface area contributed by atoms with Gasteiger partial charge in [0.2, 0.25) is 5.91 Å². The van der Waals surface area contributed by atoms with Crippen molar-refractivity contribution in [2.75, 3.05) is 26.2 Å². The first-order valence-corrected chi connectivity index (χ1v) is 12.7. The van der Waals surface area contributed by atoms with Crippen LogP contribution in [0.15, 0.2) is 29.2 Å². The van der Waals surface area contributed by atoms with Crippen molar-refractivity contribution >= 4 is 27.7 Å². The Balaban J connectivity index is 1.87. The van der Waals surface area contributed by atoms with Crippen molar-refractivity contribution in [2.24, 2.45) is 5.92 Å². The number of ether oxygens (including phenoxy) is 1. The fourth-order valence-electron chi connectivity index (χ4n) is 3.43. The van der Waals surface area contributed by atoms with E-state index >= 15 is 0 Å². The molecule has 1 aliphatic heterocycles. The number of benzene rings is 1. The Morgan fingerprint density at radius 2 is 1.70 bits per heavy atom. The minimum absolute atomic E-state index is 0.170. The molecule has 3 amide bonds. The molecule has 9 nitrogen and oxygen atoms in total. The number of piperidine rings is 1. The molecule has 1 heterocycles. The highest BCUT2D eigenvalue weighted by atomic mass is 32.2. The van der Waals surface area contributed by atoms with Crippen LogP contribution < -0.4 is 10.6 Å². The van der Waals surface area contributed by atoms with E-state index in [0.29, 0.717) is 24.9 Å². The smallest absolute Gasteiger partial charge is 0.407 e. The molecule has 0 saturated carbocycles. The first kappa shape index (κ1) is 26.6. The molecule has 0 aromatic heterocycles. The average Bonchev–Trinajstić information content (AvgIpc) is 2.75. The molecule has 1 atom stereocenters. The number of nitrogens with one attached hydrogen (secondary N) is 2. The molecule has 1 unspecified atom stereocenters. The highest BCUT2D eigenvalue weighted by Gasteiger charge is 2.29. The second kappa shape index (κ2) is 11.0. The number of sulfone groups is 1. The number of nitrogens with zero attached hydrogens (tertiary/aromatic N) is 1. The first-order chi connectivity index (χ1) is 15.3. The van der Waals surface area contributed by atoms with Crippen LogP contribution in [-0.2, 0) is 19.4 Å². The summed E-state index contributed by atoms with van der Waals surface area (Å²) in [5.41, 5.74) is -0.200. The quantitative estimate of drug-likeness (QED) is 0.577. The highest BCUT2D eigenvalue weighted by molar-refractivity contribution is 7.92. The molecule has 0 aliphatic carbocycles. The van der Waals surface area contributed by atoms with Gasteiger partial charge in [0, 0.05) is 31.7 Å². The number of rotatable bonds is 7. The number of carbonyl (C=O) groups excluding carboxylic acids is 3. The van der Waals surface area contributed by atoms with Crippen LogP contribution >= 0.6 is 0 Å². The van der Waals surface area contributed by atoms with Crippen LogP contribution in [0.2, 0.25) is 0 Å². The average molecular weight is 482 g/mol. The number of hydrogen-bond acceptors (Lipinski definition) is 6. The summed E-state index contributed by atoms with van der Waals surface area (Å²) in [6.45, 7) is 9.86. The standard InChI is InChI=1S/C23H35N3O6S/c1-16(2)33(30,31)19-10-8-17(9-11-19)21(28)26-14-6-7-18(15-26)20(27)24-12-13-25-22(29)32-23(3,4)5/h8-11,16,18H,6-7,12-15H2,1-5H3,(H,24,27)(H,25,29). The van der Waals surface area contributed by atoms with Gasteiger partial charge in [-0.25, -0.2) is 13.2 Å². The zero-order valence-corrected chi connectivity index (χ0v) is 20.8. The van der Waals surface area contributed by atoms with E-state index in [1.54, 1.807) is 39.5 Å². The fourth-order valence-corrected chi connectivity index (χ4v) is 4.49. The Morgan fingerprint density at radius 3 is 2.27 bits per heavy atom. The third-order valence-electron chi connectivity index (χ3n) is 5.22. The van der Waals surface area contributed by atoms with E-state index in [0.717, 1.165) is 0 Å². The van der Waals surface area contributed by atoms with Gasteiger partial charge in [0.1, 0.15) is 5.60 Å². The van der Waals surface area contributed by atoms with Crippen molar-refractivity contribution < 1.29 is 27.5 Å². The minimum Gasteiger partial charge on any atom is -0.444 e. The zero-order chi connectivity index (χ0) is 24.8. The topological polar surface area (TPSA) is 122 Å². The molecular weight excluding hydrogens is 446 g/mol. The third kappa shape index (κ3) is 7.73. The third-order valence-corrected chi connectivity index (χ3v) is 7.39. The van der Waals surface area contributed by atoms with Gasteiger partial charge in [-0.05, 0) is 71.7 Å². The molecule has 0 bridgehead atoms. The van der Waals surface area contributed by atoms with Gasteiger partial charge >= 0.3 is 6.09 Å². The molecule has 184 valence electrons. The zero-order valence-electron chi connectivity index (χ0n) is 20.0. The molecular formula is C23H35N3O6S. The van der Waals surface area contributed by atoms with Gasteiger partial charge in [-0.15, -0.1) is 0 Å². The lowest BCUT2D eigenvalue weighted by Crippen LogP contribution is -2.46. The van der Waals surface area contributed by atoms with Crippen LogP contribution in [0, 0.1) is 5.92 Å². The minimum atomic E-state index is -3.40. The molecule has 0 radical (unpaired) electrons. The molecule has 1 aromatic carbocycles. The highest BCUT2D eigenvalue weighted by Crippen LogP contribution is 2.21. The van der Waals surface area contributed by atoms with Crippen molar-refractivity contribution in [1.82, 2.24) is 15.5 Å². The first-order valence-electron chi connectivity index (χ1n) is 11.2. The lowest BCUT2D eigenvalue weighted by molar-refractivity contribution is -0.126. The Kier molecular flexibility index (Phi) is 8.88. The van der Waals surface area contributed by atoms with Gasteiger partial charge in [-0.1, -0.05) is 0 Å². The Hall–Kier alpha value is -2.62. The summed E-state index contributed by atoms with van der Waals surface area (Å²) >= 11 is 0. The molecule has 10 heteroatoms. The lowest BCUT2D eigenvalue weighted by Gasteiger charge is -2.32. The Labute approximate surface area is 196 Å². The fraction of sp³-hybridized carbons (Fsp3) is 0.609. The van der Waals surface area contributed by atoms with Crippen LogP contribution in [-0.4, -0.2) is 68.3 Å². The monoisotopic (exact) mass is 481 g/mol. The largest absolute Gasteiger partial charge is 0.444 e. The summed E-state index contributed by atoms with van der Waals surface area (Å²) in [7, 11) is -3.40. The normalized spacial score (nSPS) is 16.9. The number of amides is 3. The maximum absolute atomic E-state index is 12.9. The molecule has 1 fully saturated rings. The maximum atomic E-state index is 12.9. The summed E-state index contributed by atoms with van der Waals surface area (Å²) < 4.78 is 29.7. The van der Waals surface area contributed by atoms with Gasteiger partial charge < -0.3 is 20.3 Å². The van der Waals surface area contributed by atoms with Crippen molar-refractivity contribution in [3.63, 3.8) is 0 Å². The SMILES string of the molecule is CC(C)S(=O)(=O)c1ccc(C(=O)N2CCCC(C(=O)NCCNC(=O)OC(C)(C)C)C2)cc1. The summed E-state index contributed by atoms with van der Waals surface area (Å²) in [4.78, 5) is 38.9. The number of likely N-dealkylation sites (tertiary alicyclic amines) is 1. The predicted octanol–water partition coefficient (Wildman–Crippen LogP) is 2.36. The maximum Gasteiger partial charge on any atom is 0.407 e. The van der Waals surface area contributed by atoms with E-state index in [1.165, 1.54) is 24.3 Å².